The molecule has 0 aliphatic carbocycles. The van der Waals surface area contributed by atoms with E-state index in [4.69, 9.17) is 17.1 Å². The molecule has 2 aromatic carbocycles. The van der Waals surface area contributed by atoms with Crippen LogP contribution in [0.3, 0.4) is 0 Å². The quantitative estimate of drug-likeness (QED) is 0.319. The number of fused-ring (bicyclic) bond motifs is 1. The van der Waals surface area contributed by atoms with Gasteiger partial charge in [-0.3, -0.25) is 14.7 Å². The predicted octanol–water partition coefficient (Wildman–Crippen LogP) is 4.64. The van der Waals surface area contributed by atoms with Gasteiger partial charge in [-0.05, 0) is 48.8 Å². The van der Waals surface area contributed by atoms with Gasteiger partial charge < -0.3 is 15.4 Å². The van der Waals surface area contributed by atoms with Gasteiger partial charge in [0.05, 0.1) is 28.3 Å². The highest BCUT2D eigenvalue weighted by Crippen LogP contribution is 2.32. The smallest absolute Gasteiger partial charge is 0.416 e. The summed E-state index contributed by atoms with van der Waals surface area (Å²) in [6.45, 7) is -6.07. The summed E-state index contributed by atoms with van der Waals surface area (Å²) in [7, 11) is -3.15. The van der Waals surface area contributed by atoms with E-state index in [9.17, 15) is 27.2 Å². The zero-order chi connectivity index (χ0) is 34.4. The number of hydrogen-bond donors (Lipinski definition) is 3. The maximum atomic E-state index is 14.7. The second-order valence-electron chi connectivity index (χ2n) is 7.61. The third kappa shape index (κ3) is 5.08. The van der Waals surface area contributed by atoms with Crippen LogP contribution in [0.2, 0.25) is 0 Å². The number of amides is 2. The Morgan fingerprint density at radius 1 is 1.11 bits per heavy atom. The van der Waals surface area contributed by atoms with Gasteiger partial charge in [-0.25, -0.2) is 9.37 Å². The van der Waals surface area contributed by atoms with Crippen LogP contribution in [-0.4, -0.2) is 41.0 Å². The number of H-pyrrole nitrogens is 1. The van der Waals surface area contributed by atoms with Gasteiger partial charge in [0.15, 0.2) is 5.69 Å². The number of nitrogens with one attached hydrogen (secondary N) is 3. The van der Waals surface area contributed by atoms with Gasteiger partial charge in [-0.2, -0.15) is 18.3 Å². The van der Waals surface area contributed by atoms with E-state index < -0.39 is 73.3 Å². The van der Waals surface area contributed by atoms with Crippen molar-refractivity contribution in [1.29, 1.82) is 0 Å². The number of nitrogens with zero attached hydrogens (tertiary/aromatic N) is 2. The Kier molecular flexibility index (Phi) is 4.35. The Hall–Kier alpha value is -4.48. The molecule has 0 aliphatic heterocycles. The highest BCUT2D eigenvalue weighted by atomic mass is 19.4. The predicted molar refractivity (Wildman–Crippen MR) is 127 cm³/mol. The number of methoxy groups -OCH3 is 1. The summed E-state index contributed by atoms with van der Waals surface area (Å²) in [4.78, 5) is 29.6. The lowest BCUT2D eigenvalue weighted by atomic mass is 10.0. The number of ether oxygens (including phenoxy) is 1. The number of rotatable bonds is 6. The van der Waals surface area contributed by atoms with Gasteiger partial charge in [0, 0.05) is 37.9 Å². The first-order valence-electron chi connectivity index (χ1n) is 14.7. The largest absolute Gasteiger partial charge is 0.480 e. The van der Waals surface area contributed by atoms with Crippen LogP contribution in [-0.2, 0) is 6.18 Å². The summed E-state index contributed by atoms with van der Waals surface area (Å²) in [6.07, 6.45) is -3.88. The molecule has 12 heteroatoms. The number of aromatic nitrogens is 3. The number of pyridine rings is 1. The summed E-state index contributed by atoms with van der Waals surface area (Å²) in [6, 6.07) is 3.97. The van der Waals surface area contributed by atoms with E-state index in [1.54, 1.807) is 5.32 Å². The average Bonchev–Trinajstić information content (AvgIpc) is 3.33. The van der Waals surface area contributed by atoms with E-state index in [2.05, 4.69) is 15.2 Å². The molecule has 2 amide bonds. The maximum Gasteiger partial charge on any atom is 0.416 e. The van der Waals surface area contributed by atoms with E-state index in [1.807, 2.05) is 5.32 Å². The molecule has 0 bridgehead atoms. The van der Waals surface area contributed by atoms with Crippen LogP contribution in [0.15, 0.2) is 48.7 Å². The maximum absolute atomic E-state index is 14.7. The molecule has 0 spiro atoms. The normalized spacial score (nSPS) is 16.9. The summed E-state index contributed by atoms with van der Waals surface area (Å²) >= 11 is 0. The lowest BCUT2D eigenvalue weighted by molar-refractivity contribution is -0.137. The van der Waals surface area contributed by atoms with Crippen molar-refractivity contribution in [2.24, 2.45) is 0 Å². The fourth-order valence-corrected chi connectivity index (χ4v) is 3.51. The second-order valence-corrected chi connectivity index (χ2v) is 7.61. The first-order chi connectivity index (χ1) is 21.0. The minimum absolute atomic E-state index is 0.101. The number of hydrogen-bond acceptors (Lipinski definition) is 5. The van der Waals surface area contributed by atoms with Gasteiger partial charge in [0.1, 0.15) is 11.4 Å². The first kappa shape index (κ1) is 16.3. The van der Waals surface area contributed by atoms with Crippen LogP contribution in [0.1, 0.15) is 57.2 Å². The van der Waals surface area contributed by atoms with Crippen molar-refractivity contribution in [1.82, 2.24) is 25.8 Å². The lowest BCUT2D eigenvalue weighted by Gasteiger charge is -2.18. The van der Waals surface area contributed by atoms with Gasteiger partial charge in [0.25, 0.3) is 11.8 Å². The minimum Gasteiger partial charge on any atom is -0.480 e. The topological polar surface area (TPSA) is 109 Å². The van der Waals surface area contributed by atoms with Crippen molar-refractivity contribution in [3.05, 3.63) is 76.9 Å². The minimum atomic E-state index is -4.97. The second kappa shape index (κ2) is 9.88. The Morgan fingerprint density at radius 3 is 2.68 bits per heavy atom. The molecule has 37 heavy (non-hydrogen) atoms. The molecule has 0 saturated carbocycles. The molecule has 2 heterocycles. The van der Waals surface area contributed by atoms with Gasteiger partial charge in [0.2, 0.25) is 5.88 Å². The van der Waals surface area contributed by atoms with E-state index in [0.29, 0.717) is 12.1 Å². The van der Waals surface area contributed by atoms with E-state index in [-0.39, 0.29) is 33.8 Å². The number of aromatic amines is 1. The number of benzene rings is 2. The SMILES string of the molecule is [2H]C([2H])([2H])NC(=O)c1n[nH]c2cc(-c3cnc(OC([2H])([2H])[2H])c(C(=O)N[C@@H](c4cc(C(F)(F)F)ccc4F)C([2H])([2H])[2H])c3)ccc12. The summed E-state index contributed by atoms with van der Waals surface area (Å²) < 4.78 is 127. The molecular formula is C25H21F4N5O3. The van der Waals surface area contributed by atoms with Crippen molar-refractivity contribution >= 4 is 22.7 Å². The highest BCUT2D eigenvalue weighted by Gasteiger charge is 2.32. The Balaban J connectivity index is 1.76. The summed E-state index contributed by atoms with van der Waals surface area (Å²) in [5, 5.41) is 10.3. The molecular weight excluding hydrogens is 494 g/mol. The highest BCUT2D eigenvalue weighted by molar-refractivity contribution is 6.05. The monoisotopic (exact) mass is 524 g/mol. The summed E-state index contributed by atoms with van der Waals surface area (Å²) in [5.74, 6) is -4.54. The summed E-state index contributed by atoms with van der Waals surface area (Å²) in [5.41, 5.74) is -2.69. The fraction of sp³-hybridized carbons (Fsp3) is 0.200. The van der Waals surface area contributed by atoms with Crippen LogP contribution in [0.4, 0.5) is 17.6 Å². The Labute approximate surface area is 220 Å². The molecule has 0 radical (unpaired) electrons. The molecule has 4 rings (SSSR count). The van der Waals surface area contributed by atoms with Crippen LogP contribution < -0.4 is 15.4 Å². The molecule has 4 aromatic rings. The van der Waals surface area contributed by atoms with Crippen LogP contribution in [0, 0.1) is 5.82 Å². The molecule has 0 saturated heterocycles. The molecule has 8 nitrogen and oxygen atoms in total. The number of carbonyl (C=O) groups excluding carboxylic acids is 2. The van der Waals surface area contributed by atoms with Gasteiger partial charge in [-0.15, -0.1) is 0 Å². The fourth-order valence-electron chi connectivity index (χ4n) is 3.51. The van der Waals surface area contributed by atoms with Crippen molar-refractivity contribution < 1.29 is 44.2 Å². The van der Waals surface area contributed by atoms with E-state index in [1.165, 1.54) is 18.2 Å². The average molecular weight is 525 g/mol. The van der Waals surface area contributed by atoms with Crippen LogP contribution in [0.5, 0.6) is 5.88 Å². The molecule has 0 unspecified atom stereocenters. The molecule has 1 atom stereocenters. The third-order valence-corrected chi connectivity index (χ3v) is 5.33. The van der Waals surface area contributed by atoms with Gasteiger partial charge in [-0.1, -0.05) is 6.07 Å². The molecule has 0 fully saturated rings. The van der Waals surface area contributed by atoms with Crippen LogP contribution in [0.25, 0.3) is 22.0 Å². The third-order valence-electron chi connectivity index (χ3n) is 5.33. The number of alkyl halides is 3. The van der Waals surface area contributed by atoms with E-state index >= 15 is 0 Å². The standard InChI is InChI=1S/C25H21F4N5O3/c1-12(17-10-15(25(27,28)29)5-7-19(17)26)32-22(35)18-8-14(11-31-24(18)37-3)13-4-6-16-20(9-13)33-34-21(16)23(36)30-2/h4-12H,1-3H3,(H,30,36)(H,32,35)(H,33,34)/t12-/m1/s1/i1D3,2D3,3D3. The van der Waals surface area contributed by atoms with Gasteiger partial charge >= 0.3 is 6.18 Å². The number of halogens is 4. The zero-order valence-corrected chi connectivity index (χ0v) is 18.3. The molecule has 2 aromatic heterocycles. The molecule has 0 aliphatic rings. The molecule has 192 valence electrons. The number of carbonyl (C=O) groups is 2. The first-order valence-corrected chi connectivity index (χ1v) is 10.2. The van der Waals surface area contributed by atoms with Crippen molar-refractivity contribution in [2.45, 2.75) is 19.1 Å². The molecule has 3 N–H and O–H groups in total. The van der Waals surface area contributed by atoms with Crippen molar-refractivity contribution in [3.8, 4) is 17.0 Å². The van der Waals surface area contributed by atoms with Crippen LogP contribution >= 0.6 is 0 Å². The Morgan fingerprint density at radius 2 is 1.95 bits per heavy atom. The Bertz CT molecular complexity index is 1810. The van der Waals surface area contributed by atoms with Crippen molar-refractivity contribution in [3.63, 3.8) is 0 Å². The van der Waals surface area contributed by atoms with Crippen molar-refractivity contribution in [2.75, 3.05) is 14.0 Å². The lowest BCUT2D eigenvalue weighted by Crippen LogP contribution is -2.28. The van der Waals surface area contributed by atoms with E-state index in [0.717, 1.165) is 12.3 Å². The zero-order valence-electron chi connectivity index (χ0n) is 27.3.